The Morgan fingerprint density at radius 2 is 2.00 bits per heavy atom. The molecule has 0 bridgehead atoms. The van der Waals surface area contributed by atoms with Gasteiger partial charge in [0.25, 0.3) is 0 Å². The van der Waals surface area contributed by atoms with Crippen molar-refractivity contribution in [3.05, 3.63) is 0 Å². The standard InChI is InChI=1S/C6H8O5/c1-10-5(9)11-6(2-3-6)4(7)8/h2-3H2,1H3,(H,7,8). The van der Waals surface area contributed by atoms with E-state index < -0.39 is 17.7 Å². The van der Waals surface area contributed by atoms with Crippen molar-refractivity contribution in [3.63, 3.8) is 0 Å². The second-order valence-corrected chi connectivity index (χ2v) is 2.36. The van der Waals surface area contributed by atoms with Gasteiger partial charge in [-0.15, -0.1) is 0 Å². The summed E-state index contributed by atoms with van der Waals surface area (Å²) in [7, 11) is 1.14. The number of carboxylic acids is 1. The molecule has 5 nitrogen and oxygen atoms in total. The maximum atomic E-state index is 10.5. The first-order chi connectivity index (χ1) is 5.10. The lowest BCUT2D eigenvalue weighted by Crippen LogP contribution is -2.28. The predicted molar refractivity (Wildman–Crippen MR) is 33.1 cm³/mol. The molecule has 0 aromatic rings. The summed E-state index contributed by atoms with van der Waals surface area (Å²) < 4.78 is 8.65. The molecule has 5 heteroatoms. The molecule has 1 fully saturated rings. The number of carbonyl (C=O) groups excluding carboxylic acids is 1. The first-order valence-electron chi connectivity index (χ1n) is 3.11. The van der Waals surface area contributed by atoms with Crippen molar-refractivity contribution in [1.29, 1.82) is 0 Å². The zero-order valence-corrected chi connectivity index (χ0v) is 5.99. The maximum absolute atomic E-state index is 10.5. The van der Waals surface area contributed by atoms with E-state index in [1.54, 1.807) is 0 Å². The van der Waals surface area contributed by atoms with E-state index in [1.165, 1.54) is 0 Å². The predicted octanol–water partition coefficient (Wildman–Crippen LogP) is 0.387. The van der Waals surface area contributed by atoms with Crippen molar-refractivity contribution in [2.75, 3.05) is 7.11 Å². The second kappa shape index (κ2) is 2.41. The van der Waals surface area contributed by atoms with Crippen molar-refractivity contribution in [2.45, 2.75) is 18.4 Å². The number of hydrogen-bond donors (Lipinski definition) is 1. The summed E-state index contributed by atoms with van der Waals surface area (Å²) in [6.07, 6.45) is -0.195. The molecule has 62 valence electrons. The Kier molecular flexibility index (Phi) is 1.72. The molecule has 0 aromatic carbocycles. The molecule has 0 unspecified atom stereocenters. The number of carbonyl (C=O) groups is 2. The van der Waals surface area contributed by atoms with Gasteiger partial charge in [-0.05, 0) is 0 Å². The van der Waals surface area contributed by atoms with Crippen LogP contribution in [0.5, 0.6) is 0 Å². The van der Waals surface area contributed by atoms with Crippen molar-refractivity contribution >= 4 is 12.1 Å². The number of ether oxygens (including phenoxy) is 2. The average molecular weight is 160 g/mol. The van der Waals surface area contributed by atoms with Crippen LogP contribution in [0.1, 0.15) is 12.8 Å². The molecule has 1 aliphatic carbocycles. The summed E-state index contributed by atoms with van der Waals surface area (Å²) in [4.78, 5) is 20.9. The minimum atomic E-state index is -1.28. The van der Waals surface area contributed by atoms with Gasteiger partial charge in [0, 0.05) is 12.8 Å². The molecule has 1 aliphatic rings. The average Bonchev–Trinajstić information content (AvgIpc) is 2.69. The first-order valence-corrected chi connectivity index (χ1v) is 3.11. The van der Waals surface area contributed by atoms with Gasteiger partial charge in [-0.1, -0.05) is 0 Å². The van der Waals surface area contributed by atoms with E-state index in [-0.39, 0.29) is 0 Å². The molecule has 1 rings (SSSR count). The molecular weight excluding hydrogens is 152 g/mol. The van der Waals surface area contributed by atoms with Gasteiger partial charge < -0.3 is 14.6 Å². The Bertz CT molecular complexity index is 193. The molecule has 1 N–H and O–H groups in total. The topological polar surface area (TPSA) is 72.8 Å². The second-order valence-electron chi connectivity index (χ2n) is 2.36. The number of carboxylic acid groups (broad SMARTS) is 1. The maximum Gasteiger partial charge on any atom is 0.509 e. The minimum Gasteiger partial charge on any atom is -0.478 e. The van der Waals surface area contributed by atoms with Crippen molar-refractivity contribution in [2.24, 2.45) is 0 Å². The van der Waals surface area contributed by atoms with Gasteiger partial charge in [-0.2, -0.15) is 0 Å². The molecule has 0 amide bonds. The molecule has 11 heavy (non-hydrogen) atoms. The number of aliphatic carboxylic acids is 1. The van der Waals surface area contributed by atoms with Crippen LogP contribution in [-0.4, -0.2) is 29.9 Å². The Balaban J connectivity index is 2.48. The molecule has 0 radical (unpaired) electrons. The monoisotopic (exact) mass is 160 g/mol. The lowest BCUT2D eigenvalue weighted by atomic mass is 10.3. The Labute approximate surface area is 62.9 Å². The lowest BCUT2D eigenvalue weighted by molar-refractivity contribution is -0.150. The summed E-state index contributed by atoms with van der Waals surface area (Å²) >= 11 is 0. The van der Waals surface area contributed by atoms with Crippen LogP contribution in [0, 0.1) is 0 Å². The third kappa shape index (κ3) is 1.42. The van der Waals surface area contributed by atoms with E-state index in [2.05, 4.69) is 9.47 Å². The highest BCUT2D eigenvalue weighted by Crippen LogP contribution is 2.39. The van der Waals surface area contributed by atoms with Crippen LogP contribution in [0.3, 0.4) is 0 Å². The SMILES string of the molecule is COC(=O)OC1(C(=O)O)CC1. The lowest BCUT2D eigenvalue weighted by Gasteiger charge is -2.09. The minimum absolute atomic E-state index is 0.372. The van der Waals surface area contributed by atoms with E-state index in [9.17, 15) is 9.59 Å². The summed E-state index contributed by atoms with van der Waals surface area (Å²) in [5.74, 6) is -1.11. The van der Waals surface area contributed by atoms with Crippen LogP contribution in [0.4, 0.5) is 4.79 Å². The number of hydrogen-bond acceptors (Lipinski definition) is 4. The van der Waals surface area contributed by atoms with Crippen LogP contribution < -0.4 is 0 Å². The van der Waals surface area contributed by atoms with Gasteiger partial charge in [0.2, 0.25) is 5.60 Å². The van der Waals surface area contributed by atoms with Crippen LogP contribution in [-0.2, 0) is 14.3 Å². The highest BCUT2D eigenvalue weighted by atomic mass is 16.7. The Morgan fingerprint density at radius 1 is 1.45 bits per heavy atom. The molecule has 0 aromatic heterocycles. The third-order valence-electron chi connectivity index (χ3n) is 1.54. The molecule has 0 saturated heterocycles. The highest BCUT2D eigenvalue weighted by molar-refractivity contribution is 5.83. The molecule has 0 atom stereocenters. The first kappa shape index (κ1) is 7.84. The van der Waals surface area contributed by atoms with Crippen LogP contribution in [0.2, 0.25) is 0 Å². The smallest absolute Gasteiger partial charge is 0.478 e. The molecular formula is C6H8O5. The summed E-state index contributed by atoms with van der Waals surface area (Å²) in [6.45, 7) is 0. The molecule has 1 saturated carbocycles. The van der Waals surface area contributed by atoms with Gasteiger partial charge >= 0.3 is 12.1 Å². The quantitative estimate of drug-likeness (QED) is 0.591. The zero-order valence-electron chi connectivity index (χ0n) is 5.99. The van der Waals surface area contributed by atoms with E-state index in [4.69, 9.17) is 5.11 Å². The largest absolute Gasteiger partial charge is 0.509 e. The number of methoxy groups -OCH3 is 1. The fourth-order valence-corrected chi connectivity index (χ4v) is 0.674. The van der Waals surface area contributed by atoms with E-state index in [1.807, 2.05) is 0 Å². The summed E-state index contributed by atoms with van der Waals surface area (Å²) in [5, 5.41) is 8.52. The summed E-state index contributed by atoms with van der Waals surface area (Å²) in [6, 6.07) is 0. The third-order valence-corrected chi connectivity index (χ3v) is 1.54. The molecule has 0 heterocycles. The summed E-state index contributed by atoms with van der Waals surface area (Å²) in [5.41, 5.74) is -1.28. The normalized spacial score (nSPS) is 18.6. The fraction of sp³-hybridized carbons (Fsp3) is 0.667. The Morgan fingerprint density at radius 3 is 2.27 bits per heavy atom. The van der Waals surface area contributed by atoms with Gasteiger partial charge in [-0.25, -0.2) is 9.59 Å². The molecule has 0 spiro atoms. The van der Waals surface area contributed by atoms with Gasteiger partial charge in [0.15, 0.2) is 0 Å². The van der Waals surface area contributed by atoms with Gasteiger partial charge in [-0.3, -0.25) is 0 Å². The Hall–Kier alpha value is -1.26. The van der Waals surface area contributed by atoms with E-state index in [0.717, 1.165) is 7.11 Å². The molecule has 0 aliphatic heterocycles. The zero-order chi connectivity index (χ0) is 8.48. The van der Waals surface area contributed by atoms with Crippen molar-refractivity contribution in [3.8, 4) is 0 Å². The van der Waals surface area contributed by atoms with Crippen LogP contribution in [0.15, 0.2) is 0 Å². The van der Waals surface area contributed by atoms with E-state index >= 15 is 0 Å². The van der Waals surface area contributed by atoms with Crippen molar-refractivity contribution < 1.29 is 24.2 Å². The highest BCUT2D eigenvalue weighted by Gasteiger charge is 2.55. The number of rotatable bonds is 2. The van der Waals surface area contributed by atoms with Gasteiger partial charge in [0.05, 0.1) is 7.11 Å². The van der Waals surface area contributed by atoms with Crippen LogP contribution >= 0.6 is 0 Å². The van der Waals surface area contributed by atoms with E-state index in [0.29, 0.717) is 12.8 Å². The van der Waals surface area contributed by atoms with Gasteiger partial charge in [0.1, 0.15) is 0 Å². The fourth-order valence-electron chi connectivity index (χ4n) is 0.674. The van der Waals surface area contributed by atoms with Crippen molar-refractivity contribution in [1.82, 2.24) is 0 Å². The van der Waals surface area contributed by atoms with Crippen LogP contribution in [0.25, 0.3) is 0 Å².